The molecule has 6 nitrogen and oxygen atoms in total. The predicted octanol–water partition coefficient (Wildman–Crippen LogP) is 2.11. The van der Waals surface area contributed by atoms with Crippen molar-refractivity contribution in [2.45, 2.75) is 38.3 Å². The lowest BCUT2D eigenvalue weighted by Gasteiger charge is -2.27. The summed E-state index contributed by atoms with van der Waals surface area (Å²) in [4.78, 5) is 24.6. The lowest BCUT2D eigenvalue weighted by molar-refractivity contribution is -0.151. The van der Waals surface area contributed by atoms with Crippen LogP contribution in [0.3, 0.4) is 0 Å². The average molecular weight is 338 g/mol. The maximum atomic E-state index is 13.9. The highest BCUT2D eigenvalue weighted by molar-refractivity contribution is 5.85. The molecule has 0 spiro atoms. The van der Waals surface area contributed by atoms with Gasteiger partial charge in [-0.05, 0) is 38.3 Å². The molecule has 0 saturated carbocycles. The van der Waals surface area contributed by atoms with E-state index in [-0.39, 0.29) is 12.6 Å². The molecule has 132 valence electrons. The molecule has 0 bridgehead atoms. The molecule has 2 rings (SSSR count). The number of aliphatic carboxylic acids is 1. The first-order valence-corrected chi connectivity index (χ1v) is 8.11. The number of amides is 1. The van der Waals surface area contributed by atoms with Crippen LogP contribution in [0.2, 0.25) is 0 Å². The van der Waals surface area contributed by atoms with Crippen LogP contribution in [-0.4, -0.2) is 58.8 Å². The minimum Gasteiger partial charge on any atom is -0.494 e. The molecule has 1 heterocycles. The maximum absolute atomic E-state index is 13.9. The Morgan fingerprint density at radius 1 is 1.33 bits per heavy atom. The van der Waals surface area contributed by atoms with Crippen LogP contribution < -0.4 is 4.74 Å². The Balaban J connectivity index is 1.72. The summed E-state index contributed by atoms with van der Waals surface area (Å²) in [6.07, 6.45) is 1.47. The van der Waals surface area contributed by atoms with Crippen LogP contribution >= 0.6 is 0 Å². The molecule has 1 N–H and O–H groups in total. The van der Waals surface area contributed by atoms with Gasteiger partial charge in [0.05, 0.1) is 6.61 Å². The van der Waals surface area contributed by atoms with Gasteiger partial charge in [0.25, 0.3) is 0 Å². The minimum absolute atomic E-state index is 0.0541. The van der Waals surface area contributed by atoms with Crippen LogP contribution in [0.15, 0.2) is 30.3 Å². The van der Waals surface area contributed by atoms with Gasteiger partial charge in [0.1, 0.15) is 18.3 Å². The molecule has 0 radical (unpaired) electrons. The number of halogens is 1. The normalized spacial score (nSPS) is 20.4. The fraction of sp³-hybridized carbons (Fsp3) is 0.529. The first-order chi connectivity index (χ1) is 11.5. The first-order valence-electron chi connectivity index (χ1n) is 8.11. The van der Waals surface area contributed by atoms with E-state index in [1.54, 1.807) is 6.92 Å². The molecule has 24 heavy (non-hydrogen) atoms. The number of likely N-dealkylation sites (tertiary alicyclic amines) is 1. The van der Waals surface area contributed by atoms with Gasteiger partial charge < -0.3 is 14.7 Å². The molecule has 1 saturated heterocycles. The lowest BCUT2D eigenvalue weighted by atomic mass is 10.2. The minimum atomic E-state index is -1.03. The second-order valence-electron chi connectivity index (χ2n) is 5.94. The number of carboxylic acids is 1. The fourth-order valence-electron chi connectivity index (χ4n) is 2.90. The van der Waals surface area contributed by atoms with Crippen LogP contribution in [0.25, 0.3) is 0 Å². The molecule has 1 fully saturated rings. The van der Waals surface area contributed by atoms with E-state index in [2.05, 4.69) is 0 Å². The van der Waals surface area contributed by atoms with Gasteiger partial charge >= 0.3 is 5.97 Å². The van der Waals surface area contributed by atoms with Crippen LogP contribution in [0.4, 0.5) is 4.48 Å². The molecule has 7 heteroatoms. The number of nitrogens with zero attached hydrogens (tertiary/aromatic N) is 2. The molecule has 0 aliphatic carbocycles. The molecule has 2 atom stereocenters. The van der Waals surface area contributed by atoms with Crippen LogP contribution in [0.1, 0.15) is 26.2 Å². The summed E-state index contributed by atoms with van der Waals surface area (Å²) < 4.78 is 19.3. The van der Waals surface area contributed by atoms with Gasteiger partial charge in [-0.2, -0.15) is 0 Å². The highest BCUT2D eigenvalue weighted by atomic mass is 19.2. The van der Waals surface area contributed by atoms with Crippen LogP contribution in [-0.2, 0) is 9.59 Å². The summed E-state index contributed by atoms with van der Waals surface area (Å²) in [6.45, 7) is 1.76. The summed E-state index contributed by atoms with van der Waals surface area (Å²) in [7, 11) is 0. The summed E-state index contributed by atoms with van der Waals surface area (Å²) >= 11 is 0. The highest BCUT2D eigenvalue weighted by Gasteiger charge is 2.39. The van der Waals surface area contributed by atoms with Crippen LogP contribution in [0.5, 0.6) is 5.75 Å². The van der Waals surface area contributed by atoms with E-state index >= 15 is 0 Å². The van der Waals surface area contributed by atoms with Gasteiger partial charge in [0.2, 0.25) is 5.91 Å². The largest absolute Gasteiger partial charge is 0.494 e. The van der Waals surface area contributed by atoms with Crippen molar-refractivity contribution >= 4 is 11.9 Å². The van der Waals surface area contributed by atoms with Crippen molar-refractivity contribution in [1.82, 2.24) is 10.0 Å². The van der Waals surface area contributed by atoms with Gasteiger partial charge in [-0.25, -0.2) is 4.79 Å². The van der Waals surface area contributed by atoms with Gasteiger partial charge in [-0.3, -0.25) is 4.79 Å². The predicted molar refractivity (Wildman–Crippen MR) is 86.2 cm³/mol. The molecule has 1 aliphatic heterocycles. The third-order valence-electron chi connectivity index (χ3n) is 4.11. The number of ether oxygens (including phenoxy) is 1. The van der Waals surface area contributed by atoms with Crippen molar-refractivity contribution in [1.29, 1.82) is 0 Å². The number of carbonyl (C=O) groups excluding carboxylic acids is 1. The number of carbonyl (C=O) groups is 2. The SMILES string of the molecule is CC1CCC(C(=O)O)N1C(=O)CN(F)CCCOc1ccccc1. The van der Waals surface area contributed by atoms with E-state index in [1.807, 2.05) is 30.3 Å². The van der Waals surface area contributed by atoms with Gasteiger partial charge in [0.15, 0.2) is 0 Å². The zero-order valence-corrected chi connectivity index (χ0v) is 13.7. The molecule has 2 unspecified atom stereocenters. The second-order valence-corrected chi connectivity index (χ2v) is 5.94. The molecule has 1 aromatic carbocycles. The van der Waals surface area contributed by atoms with Gasteiger partial charge in [-0.1, -0.05) is 18.2 Å². The van der Waals surface area contributed by atoms with E-state index < -0.39 is 24.5 Å². The summed E-state index contributed by atoms with van der Waals surface area (Å²) in [5.41, 5.74) is 0. The maximum Gasteiger partial charge on any atom is 0.326 e. The third kappa shape index (κ3) is 4.92. The number of rotatable bonds is 8. The van der Waals surface area contributed by atoms with Crippen molar-refractivity contribution in [2.75, 3.05) is 19.7 Å². The van der Waals surface area contributed by atoms with Crippen LogP contribution in [0, 0.1) is 0 Å². The Labute approximate surface area is 140 Å². The summed E-state index contributed by atoms with van der Waals surface area (Å²) in [5, 5.41) is 9.57. The zero-order chi connectivity index (χ0) is 17.5. The van der Waals surface area contributed by atoms with E-state index in [0.717, 1.165) is 0 Å². The number of hydrogen-bond acceptors (Lipinski definition) is 4. The van der Waals surface area contributed by atoms with E-state index in [0.29, 0.717) is 36.7 Å². The van der Waals surface area contributed by atoms with E-state index in [4.69, 9.17) is 9.84 Å². The molecule has 1 aromatic rings. The number of carboxylic acid groups (broad SMARTS) is 1. The van der Waals surface area contributed by atoms with Crippen molar-refractivity contribution < 1.29 is 23.9 Å². The van der Waals surface area contributed by atoms with E-state index in [9.17, 15) is 14.1 Å². The van der Waals surface area contributed by atoms with Gasteiger partial charge in [0, 0.05) is 12.6 Å². The van der Waals surface area contributed by atoms with Crippen molar-refractivity contribution in [3.8, 4) is 5.75 Å². The molecule has 1 aliphatic rings. The number of para-hydroxylation sites is 1. The van der Waals surface area contributed by atoms with E-state index in [1.165, 1.54) is 4.90 Å². The average Bonchev–Trinajstić information content (AvgIpc) is 2.94. The topological polar surface area (TPSA) is 70.1 Å². The zero-order valence-electron chi connectivity index (χ0n) is 13.7. The number of benzene rings is 1. The molecular weight excluding hydrogens is 315 g/mol. The number of hydrogen-bond donors (Lipinski definition) is 1. The Bertz CT molecular complexity index is 555. The highest BCUT2D eigenvalue weighted by Crippen LogP contribution is 2.24. The lowest BCUT2D eigenvalue weighted by Crippen LogP contribution is -2.47. The Morgan fingerprint density at radius 3 is 2.71 bits per heavy atom. The summed E-state index contributed by atoms with van der Waals surface area (Å²) in [5.74, 6) is -0.803. The Hall–Kier alpha value is -2.15. The van der Waals surface area contributed by atoms with Crippen molar-refractivity contribution in [3.63, 3.8) is 0 Å². The van der Waals surface area contributed by atoms with Crippen molar-refractivity contribution in [3.05, 3.63) is 30.3 Å². The quantitative estimate of drug-likeness (QED) is 0.581. The van der Waals surface area contributed by atoms with Gasteiger partial charge in [-0.15, -0.1) is 9.60 Å². The fourth-order valence-corrected chi connectivity index (χ4v) is 2.90. The smallest absolute Gasteiger partial charge is 0.326 e. The third-order valence-corrected chi connectivity index (χ3v) is 4.11. The molecule has 1 amide bonds. The second kappa shape index (κ2) is 8.63. The monoisotopic (exact) mass is 338 g/mol. The Morgan fingerprint density at radius 2 is 2.04 bits per heavy atom. The standard InChI is InChI=1S/C17H23FN2O4/c1-13-8-9-15(17(22)23)20(13)16(21)12-19(18)10-5-11-24-14-6-3-2-4-7-14/h2-4,6-7,13,15H,5,8-12H2,1H3,(H,22,23). The first kappa shape index (κ1) is 18.2. The molecular formula is C17H23FN2O4. The molecule has 0 aromatic heterocycles. The summed E-state index contributed by atoms with van der Waals surface area (Å²) in [6, 6.07) is 8.20. The van der Waals surface area contributed by atoms with Crippen molar-refractivity contribution in [2.24, 2.45) is 0 Å². The Kier molecular flexibility index (Phi) is 6.54.